The number of carbonyl (C=O) groups excluding carboxylic acids is 1. The second-order valence-electron chi connectivity index (χ2n) is 7.08. The van der Waals surface area contributed by atoms with Crippen LogP contribution in [0, 0.1) is 0 Å². The molecule has 4 rings (SSSR count). The standard InChI is InChI=1S/C20H26N4O2/c1-3-24-10-4-5-14(24)12-21-20(25)19-17-8-6-13-11-15(26-2)7-9-16(13)18(17)22-23-19/h7,9,11,14H,3-6,8,10,12H2,1-2H3,(H,21,25)(H,22,23)/t14-/m0/s1. The Morgan fingerprint density at radius 2 is 2.31 bits per heavy atom. The van der Waals surface area contributed by atoms with Crippen molar-refractivity contribution >= 4 is 5.91 Å². The lowest BCUT2D eigenvalue weighted by Crippen LogP contribution is -2.40. The molecule has 2 aliphatic rings. The highest BCUT2D eigenvalue weighted by Crippen LogP contribution is 2.35. The Labute approximate surface area is 153 Å². The van der Waals surface area contributed by atoms with Crippen LogP contribution < -0.4 is 10.1 Å². The zero-order valence-corrected chi connectivity index (χ0v) is 15.5. The van der Waals surface area contributed by atoms with E-state index in [0.29, 0.717) is 18.3 Å². The molecule has 0 bridgehead atoms. The van der Waals surface area contributed by atoms with Crippen LogP contribution in [0.15, 0.2) is 18.2 Å². The number of hydrogen-bond donors (Lipinski definition) is 2. The molecule has 6 nitrogen and oxygen atoms in total. The van der Waals surface area contributed by atoms with Crippen molar-refractivity contribution in [2.45, 2.75) is 38.6 Å². The number of nitrogens with zero attached hydrogens (tertiary/aromatic N) is 2. The van der Waals surface area contributed by atoms with Crippen LogP contribution in [0.1, 0.15) is 41.4 Å². The summed E-state index contributed by atoms with van der Waals surface area (Å²) < 4.78 is 5.31. The highest BCUT2D eigenvalue weighted by atomic mass is 16.5. The number of likely N-dealkylation sites (N-methyl/N-ethyl adjacent to an activating group) is 1. The van der Waals surface area contributed by atoms with Gasteiger partial charge in [0.25, 0.3) is 5.91 Å². The van der Waals surface area contributed by atoms with Crippen LogP contribution in [0.3, 0.4) is 0 Å². The lowest BCUT2D eigenvalue weighted by Gasteiger charge is -2.23. The second kappa shape index (κ2) is 7.11. The largest absolute Gasteiger partial charge is 0.497 e. The first-order valence-corrected chi connectivity index (χ1v) is 9.48. The maximum atomic E-state index is 12.7. The number of hydrogen-bond acceptors (Lipinski definition) is 4. The molecule has 2 heterocycles. The number of aromatic nitrogens is 2. The van der Waals surface area contributed by atoms with E-state index < -0.39 is 0 Å². The third-order valence-corrected chi connectivity index (χ3v) is 5.71. The van der Waals surface area contributed by atoms with Gasteiger partial charge in [-0.15, -0.1) is 0 Å². The van der Waals surface area contributed by atoms with E-state index in [2.05, 4.69) is 33.4 Å². The molecular weight excluding hydrogens is 328 g/mol. The van der Waals surface area contributed by atoms with Gasteiger partial charge in [0.1, 0.15) is 11.4 Å². The molecule has 1 saturated heterocycles. The summed E-state index contributed by atoms with van der Waals surface area (Å²) in [6, 6.07) is 6.50. The molecular formula is C20H26N4O2. The van der Waals surface area contributed by atoms with Crippen LogP contribution in [-0.4, -0.2) is 53.8 Å². The van der Waals surface area contributed by atoms with Gasteiger partial charge in [0, 0.05) is 23.7 Å². The zero-order valence-electron chi connectivity index (χ0n) is 15.5. The van der Waals surface area contributed by atoms with Crippen molar-refractivity contribution in [3.63, 3.8) is 0 Å². The summed E-state index contributed by atoms with van der Waals surface area (Å²) in [5, 5.41) is 10.5. The molecule has 26 heavy (non-hydrogen) atoms. The number of amides is 1. The van der Waals surface area contributed by atoms with Gasteiger partial charge in [-0.3, -0.25) is 14.8 Å². The third kappa shape index (κ3) is 2.98. The highest BCUT2D eigenvalue weighted by Gasteiger charge is 2.27. The van der Waals surface area contributed by atoms with Crippen LogP contribution in [0.4, 0.5) is 0 Å². The Hall–Kier alpha value is -2.34. The zero-order chi connectivity index (χ0) is 18.1. The molecule has 2 aromatic rings. The predicted molar refractivity (Wildman–Crippen MR) is 101 cm³/mol. The number of carbonyl (C=O) groups is 1. The maximum Gasteiger partial charge on any atom is 0.269 e. The van der Waals surface area contributed by atoms with Crippen molar-refractivity contribution in [1.82, 2.24) is 20.4 Å². The molecule has 0 unspecified atom stereocenters. The summed E-state index contributed by atoms with van der Waals surface area (Å²) in [7, 11) is 1.68. The van der Waals surface area contributed by atoms with E-state index in [4.69, 9.17) is 4.74 Å². The van der Waals surface area contributed by atoms with Crippen LogP contribution in [0.2, 0.25) is 0 Å². The van der Waals surface area contributed by atoms with E-state index in [1.165, 1.54) is 12.0 Å². The Bertz CT molecular complexity index is 814. The molecule has 0 saturated carbocycles. The molecule has 1 aromatic heterocycles. The molecule has 1 amide bonds. The number of aromatic amines is 1. The third-order valence-electron chi connectivity index (χ3n) is 5.71. The monoisotopic (exact) mass is 354 g/mol. The number of methoxy groups -OCH3 is 1. The number of likely N-dealkylation sites (tertiary alicyclic amines) is 1. The molecule has 6 heteroatoms. The molecule has 2 N–H and O–H groups in total. The van der Waals surface area contributed by atoms with Crippen molar-refractivity contribution in [2.24, 2.45) is 0 Å². The fourth-order valence-corrected chi connectivity index (χ4v) is 4.26. The first-order valence-electron chi connectivity index (χ1n) is 9.48. The summed E-state index contributed by atoms with van der Waals surface area (Å²) >= 11 is 0. The molecule has 1 aliphatic carbocycles. The number of benzene rings is 1. The SMILES string of the molecule is CCN1CCC[C@H]1CNC(=O)c1[nH]nc2c1CCc1cc(OC)ccc1-2. The molecule has 1 fully saturated rings. The van der Waals surface area contributed by atoms with Gasteiger partial charge in [-0.1, -0.05) is 6.92 Å². The Morgan fingerprint density at radius 1 is 1.42 bits per heavy atom. The van der Waals surface area contributed by atoms with Gasteiger partial charge in [-0.25, -0.2) is 0 Å². The molecule has 1 atom stereocenters. The number of ether oxygens (including phenoxy) is 1. The Balaban J connectivity index is 1.51. The summed E-state index contributed by atoms with van der Waals surface area (Å²) in [5.41, 5.74) is 4.85. The van der Waals surface area contributed by atoms with Gasteiger partial charge in [-0.05, 0) is 62.5 Å². The first kappa shape index (κ1) is 17.1. The topological polar surface area (TPSA) is 70.2 Å². The van der Waals surface area contributed by atoms with Crippen molar-refractivity contribution in [3.8, 4) is 17.0 Å². The van der Waals surface area contributed by atoms with E-state index in [9.17, 15) is 4.79 Å². The summed E-state index contributed by atoms with van der Waals surface area (Å²) in [6.45, 7) is 5.06. The van der Waals surface area contributed by atoms with Crippen molar-refractivity contribution in [3.05, 3.63) is 35.0 Å². The van der Waals surface area contributed by atoms with Gasteiger partial charge >= 0.3 is 0 Å². The van der Waals surface area contributed by atoms with Crippen LogP contribution in [0.25, 0.3) is 11.3 Å². The van der Waals surface area contributed by atoms with Gasteiger partial charge in [0.15, 0.2) is 0 Å². The van der Waals surface area contributed by atoms with Crippen LogP contribution in [0.5, 0.6) is 5.75 Å². The van der Waals surface area contributed by atoms with Crippen molar-refractivity contribution < 1.29 is 9.53 Å². The van der Waals surface area contributed by atoms with E-state index >= 15 is 0 Å². The minimum Gasteiger partial charge on any atom is -0.497 e. The van der Waals surface area contributed by atoms with Crippen LogP contribution >= 0.6 is 0 Å². The van der Waals surface area contributed by atoms with Gasteiger partial charge < -0.3 is 10.1 Å². The number of nitrogens with one attached hydrogen (secondary N) is 2. The summed E-state index contributed by atoms with van der Waals surface area (Å²) in [4.78, 5) is 15.2. The quantitative estimate of drug-likeness (QED) is 0.865. The summed E-state index contributed by atoms with van der Waals surface area (Å²) in [6.07, 6.45) is 4.09. The van der Waals surface area contributed by atoms with Gasteiger partial charge in [-0.2, -0.15) is 5.10 Å². The van der Waals surface area contributed by atoms with E-state index in [1.807, 2.05) is 12.1 Å². The molecule has 0 radical (unpaired) electrons. The van der Waals surface area contributed by atoms with E-state index in [0.717, 1.165) is 54.9 Å². The molecule has 138 valence electrons. The summed E-state index contributed by atoms with van der Waals surface area (Å²) in [5.74, 6) is 0.816. The molecule has 1 aliphatic heterocycles. The number of fused-ring (bicyclic) bond motifs is 3. The van der Waals surface area contributed by atoms with E-state index in [-0.39, 0.29) is 5.91 Å². The Morgan fingerprint density at radius 3 is 3.12 bits per heavy atom. The van der Waals surface area contributed by atoms with Gasteiger partial charge in [0.2, 0.25) is 0 Å². The minimum atomic E-state index is -0.0429. The average Bonchev–Trinajstić information content (AvgIpc) is 3.31. The number of rotatable bonds is 5. The predicted octanol–water partition coefficient (Wildman–Crippen LogP) is 2.40. The lowest BCUT2D eigenvalue weighted by atomic mass is 9.89. The first-order chi connectivity index (χ1) is 12.7. The average molecular weight is 354 g/mol. The fraction of sp³-hybridized carbons (Fsp3) is 0.500. The maximum absolute atomic E-state index is 12.7. The number of H-pyrrole nitrogens is 1. The normalized spacial score (nSPS) is 19.1. The fourth-order valence-electron chi connectivity index (χ4n) is 4.26. The Kier molecular flexibility index (Phi) is 4.68. The smallest absolute Gasteiger partial charge is 0.269 e. The molecule has 0 spiro atoms. The van der Waals surface area contributed by atoms with Crippen molar-refractivity contribution in [1.29, 1.82) is 0 Å². The highest BCUT2D eigenvalue weighted by molar-refractivity contribution is 5.96. The molecule has 1 aromatic carbocycles. The minimum absolute atomic E-state index is 0.0429. The lowest BCUT2D eigenvalue weighted by molar-refractivity contribution is 0.0935. The second-order valence-corrected chi connectivity index (χ2v) is 7.08. The van der Waals surface area contributed by atoms with E-state index in [1.54, 1.807) is 7.11 Å². The van der Waals surface area contributed by atoms with Crippen LogP contribution in [-0.2, 0) is 12.8 Å². The number of aryl methyl sites for hydroxylation is 1. The van der Waals surface area contributed by atoms with Crippen molar-refractivity contribution in [2.75, 3.05) is 26.7 Å². The van der Waals surface area contributed by atoms with Gasteiger partial charge in [0.05, 0.1) is 12.8 Å².